The standard InChI is InChI=1S/C45H49NO5/c1-45(2,30-43(47)51-34-38-14-8-4-9-15-38)28-29-46(31-37-24-26-41(27-25-37)44(48)49)32-42(40-16-10-5-11-17-40)50-33-39-22-20-36(21-23-39)19-18-35-12-6-3-7-13-35/h3-17,20-27,42H,18-19,28-34H2,1-2H3,(H,48,49). The number of nitrogens with zero attached hydrogens (tertiary/aromatic N) is 1. The summed E-state index contributed by atoms with van der Waals surface area (Å²) in [4.78, 5) is 26.7. The molecule has 0 aliphatic rings. The van der Waals surface area contributed by atoms with E-state index in [1.807, 2.05) is 66.7 Å². The Kier molecular flexibility index (Phi) is 13.7. The van der Waals surface area contributed by atoms with Crippen molar-refractivity contribution in [3.05, 3.63) is 178 Å². The van der Waals surface area contributed by atoms with Gasteiger partial charge in [0.15, 0.2) is 0 Å². The van der Waals surface area contributed by atoms with Gasteiger partial charge in [-0.1, -0.05) is 141 Å². The Balaban J connectivity index is 1.25. The lowest BCUT2D eigenvalue weighted by Gasteiger charge is -2.32. The van der Waals surface area contributed by atoms with Crippen molar-refractivity contribution in [2.45, 2.75) is 65.4 Å². The van der Waals surface area contributed by atoms with Crippen LogP contribution in [0.4, 0.5) is 0 Å². The molecular formula is C45H49NO5. The Hall–Kier alpha value is -5.04. The molecule has 1 N–H and O–H groups in total. The van der Waals surface area contributed by atoms with E-state index >= 15 is 0 Å². The van der Waals surface area contributed by atoms with Crippen molar-refractivity contribution >= 4 is 11.9 Å². The van der Waals surface area contributed by atoms with Gasteiger partial charge in [-0.3, -0.25) is 9.69 Å². The average molecular weight is 684 g/mol. The van der Waals surface area contributed by atoms with Crippen LogP contribution in [0, 0.1) is 5.41 Å². The molecule has 0 bridgehead atoms. The molecule has 6 heteroatoms. The third-order valence-electron chi connectivity index (χ3n) is 9.19. The van der Waals surface area contributed by atoms with Crippen molar-refractivity contribution in [2.75, 3.05) is 13.1 Å². The maximum atomic E-state index is 12.9. The zero-order chi connectivity index (χ0) is 35.9. The van der Waals surface area contributed by atoms with Crippen molar-refractivity contribution < 1.29 is 24.2 Å². The molecule has 5 aromatic rings. The van der Waals surface area contributed by atoms with Gasteiger partial charge in [0.25, 0.3) is 0 Å². The minimum Gasteiger partial charge on any atom is -0.478 e. The highest BCUT2D eigenvalue weighted by Crippen LogP contribution is 2.28. The van der Waals surface area contributed by atoms with Crippen LogP contribution in [-0.2, 0) is 46.9 Å². The molecule has 0 saturated heterocycles. The van der Waals surface area contributed by atoms with E-state index in [0.717, 1.165) is 41.5 Å². The third kappa shape index (κ3) is 12.7. The molecule has 264 valence electrons. The first-order valence-corrected chi connectivity index (χ1v) is 17.7. The van der Waals surface area contributed by atoms with Gasteiger partial charge in [-0.2, -0.15) is 0 Å². The molecule has 0 saturated carbocycles. The molecule has 6 nitrogen and oxygen atoms in total. The summed E-state index contributed by atoms with van der Waals surface area (Å²) in [5.41, 5.74) is 6.78. The SMILES string of the molecule is CC(C)(CCN(Cc1ccc(C(=O)O)cc1)CC(OCc1ccc(CCc2ccccc2)cc1)c1ccccc1)CC(=O)OCc1ccccc1. The maximum absolute atomic E-state index is 12.9. The predicted octanol–water partition coefficient (Wildman–Crippen LogP) is 9.48. The Morgan fingerprint density at radius 1 is 0.647 bits per heavy atom. The van der Waals surface area contributed by atoms with Crippen molar-refractivity contribution in [1.29, 1.82) is 0 Å². The van der Waals surface area contributed by atoms with Gasteiger partial charge in [-0.05, 0) is 76.7 Å². The first-order chi connectivity index (χ1) is 24.7. The Labute approximate surface area is 302 Å². The molecule has 0 heterocycles. The number of esters is 1. The van der Waals surface area contributed by atoms with Gasteiger partial charge in [0.2, 0.25) is 0 Å². The Morgan fingerprint density at radius 3 is 1.76 bits per heavy atom. The number of carboxylic acids is 1. The molecule has 0 aliphatic carbocycles. The van der Waals surface area contributed by atoms with Gasteiger partial charge in [-0.15, -0.1) is 0 Å². The molecule has 5 aromatic carbocycles. The van der Waals surface area contributed by atoms with Gasteiger partial charge < -0.3 is 14.6 Å². The van der Waals surface area contributed by atoms with E-state index in [0.29, 0.717) is 32.7 Å². The van der Waals surface area contributed by atoms with Crippen LogP contribution in [0.15, 0.2) is 140 Å². The van der Waals surface area contributed by atoms with E-state index in [1.54, 1.807) is 12.1 Å². The first-order valence-electron chi connectivity index (χ1n) is 17.7. The number of carboxylic acid groups (broad SMARTS) is 1. The van der Waals surface area contributed by atoms with Crippen molar-refractivity contribution in [1.82, 2.24) is 4.90 Å². The predicted molar refractivity (Wildman–Crippen MR) is 202 cm³/mol. The van der Waals surface area contributed by atoms with E-state index < -0.39 is 5.97 Å². The van der Waals surface area contributed by atoms with E-state index in [4.69, 9.17) is 9.47 Å². The van der Waals surface area contributed by atoms with Crippen LogP contribution < -0.4 is 0 Å². The number of aromatic carboxylic acids is 1. The number of benzene rings is 5. The molecule has 1 atom stereocenters. The van der Waals surface area contributed by atoms with E-state index in [1.165, 1.54) is 11.1 Å². The number of hydrogen-bond acceptors (Lipinski definition) is 5. The smallest absolute Gasteiger partial charge is 0.335 e. The summed E-state index contributed by atoms with van der Waals surface area (Å²) in [5, 5.41) is 9.43. The maximum Gasteiger partial charge on any atom is 0.335 e. The second kappa shape index (κ2) is 18.8. The van der Waals surface area contributed by atoms with Crippen molar-refractivity contribution in [3.63, 3.8) is 0 Å². The van der Waals surface area contributed by atoms with Crippen LogP contribution in [0.2, 0.25) is 0 Å². The van der Waals surface area contributed by atoms with Crippen LogP contribution in [0.25, 0.3) is 0 Å². The zero-order valence-electron chi connectivity index (χ0n) is 29.7. The largest absolute Gasteiger partial charge is 0.478 e. The molecule has 0 aromatic heterocycles. The molecule has 0 spiro atoms. The van der Waals surface area contributed by atoms with Crippen LogP contribution in [0.3, 0.4) is 0 Å². The molecule has 1 unspecified atom stereocenters. The topological polar surface area (TPSA) is 76.1 Å². The fourth-order valence-corrected chi connectivity index (χ4v) is 6.06. The van der Waals surface area contributed by atoms with Crippen LogP contribution in [0.1, 0.15) is 76.5 Å². The fourth-order valence-electron chi connectivity index (χ4n) is 6.06. The second-order valence-electron chi connectivity index (χ2n) is 14.0. The number of aryl methyl sites for hydroxylation is 2. The molecular weight excluding hydrogens is 634 g/mol. The lowest BCUT2D eigenvalue weighted by Crippen LogP contribution is -2.33. The molecule has 5 rings (SSSR count). The van der Waals surface area contributed by atoms with Crippen LogP contribution in [0.5, 0.6) is 0 Å². The first kappa shape index (κ1) is 37.2. The molecule has 51 heavy (non-hydrogen) atoms. The number of ether oxygens (including phenoxy) is 2. The highest BCUT2D eigenvalue weighted by atomic mass is 16.5. The minimum atomic E-state index is -0.943. The summed E-state index contributed by atoms with van der Waals surface area (Å²) in [6.45, 7) is 6.88. The molecule has 0 radical (unpaired) electrons. The summed E-state index contributed by atoms with van der Waals surface area (Å²) in [6.07, 6.45) is 2.85. The number of hydrogen-bond donors (Lipinski definition) is 1. The third-order valence-corrected chi connectivity index (χ3v) is 9.19. The Bertz CT molecular complexity index is 1770. The highest BCUT2D eigenvalue weighted by molar-refractivity contribution is 5.87. The molecule has 0 fully saturated rings. The van der Waals surface area contributed by atoms with E-state index in [2.05, 4.69) is 79.4 Å². The summed E-state index contributed by atoms with van der Waals surface area (Å²) < 4.78 is 12.3. The monoisotopic (exact) mass is 683 g/mol. The van der Waals surface area contributed by atoms with Crippen molar-refractivity contribution in [2.24, 2.45) is 5.41 Å². The summed E-state index contributed by atoms with van der Waals surface area (Å²) >= 11 is 0. The average Bonchev–Trinajstić information content (AvgIpc) is 3.15. The van der Waals surface area contributed by atoms with Gasteiger partial charge in [0, 0.05) is 13.1 Å². The molecule has 0 aliphatic heterocycles. The summed E-state index contributed by atoms with van der Waals surface area (Å²) in [7, 11) is 0. The number of rotatable bonds is 19. The number of carbonyl (C=O) groups is 2. The normalized spacial score (nSPS) is 12.1. The lowest BCUT2D eigenvalue weighted by atomic mass is 9.85. The fraction of sp³-hybridized carbons (Fsp3) is 0.289. The Morgan fingerprint density at radius 2 is 1.16 bits per heavy atom. The van der Waals surface area contributed by atoms with Crippen LogP contribution >= 0.6 is 0 Å². The quantitative estimate of drug-likeness (QED) is 0.0875. The van der Waals surface area contributed by atoms with Crippen molar-refractivity contribution in [3.8, 4) is 0 Å². The zero-order valence-corrected chi connectivity index (χ0v) is 29.7. The van der Waals surface area contributed by atoms with E-state index in [-0.39, 0.29) is 29.7 Å². The second-order valence-corrected chi connectivity index (χ2v) is 14.0. The number of carbonyl (C=O) groups excluding carboxylic acids is 1. The molecule has 0 amide bonds. The highest BCUT2D eigenvalue weighted by Gasteiger charge is 2.26. The van der Waals surface area contributed by atoms with E-state index in [9.17, 15) is 14.7 Å². The minimum absolute atomic E-state index is 0.207. The van der Waals surface area contributed by atoms with Gasteiger partial charge in [0.05, 0.1) is 24.7 Å². The van der Waals surface area contributed by atoms with Gasteiger partial charge in [-0.25, -0.2) is 4.79 Å². The van der Waals surface area contributed by atoms with Gasteiger partial charge in [0.1, 0.15) is 6.61 Å². The summed E-state index contributed by atoms with van der Waals surface area (Å²) in [5.74, 6) is -1.16. The lowest BCUT2D eigenvalue weighted by molar-refractivity contribution is -0.147. The van der Waals surface area contributed by atoms with Crippen LogP contribution in [-0.4, -0.2) is 35.0 Å². The summed E-state index contributed by atoms with van der Waals surface area (Å²) in [6, 6.07) is 46.3. The van der Waals surface area contributed by atoms with Gasteiger partial charge >= 0.3 is 11.9 Å².